The minimum atomic E-state index is -0.679. The molecule has 0 atom stereocenters. The molecule has 0 heterocycles. The molecule has 0 bridgehead atoms. The van der Waals surface area contributed by atoms with Gasteiger partial charge in [0, 0.05) is 23.0 Å². The zero-order valence-corrected chi connectivity index (χ0v) is 23.7. The number of anilines is 3. The van der Waals surface area contributed by atoms with Gasteiger partial charge in [0.1, 0.15) is 0 Å². The molecule has 0 saturated carbocycles. The highest BCUT2D eigenvalue weighted by molar-refractivity contribution is 6.32. The van der Waals surface area contributed by atoms with E-state index in [1.165, 1.54) is 6.92 Å². The van der Waals surface area contributed by atoms with Gasteiger partial charge in [0.25, 0.3) is 5.91 Å². The molecule has 0 unspecified atom stereocenters. The first-order valence-electron chi connectivity index (χ1n) is 12.7. The maximum Gasteiger partial charge on any atom is 0.341 e. The third-order valence-electron chi connectivity index (χ3n) is 6.73. The monoisotopic (exact) mass is 542 g/mol. The van der Waals surface area contributed by atoms with Crippen LogP contribution in [-0.4, -0.2) is 24.4 Å². The van der Waals surface area contributed by atoms with E-state index in [0.717, 1.165) is 32.8 Å². The second-order valence-electron chi connectivity index (χ2n) is 9.55. The average Bonchev–Trinajstić information content (AvgIpc) is 2.87. The Morgan fingerprint density at radius 1 is 0.846 bits per heavy atom. The van der Waals surface area contributed by atoms with Gasteiger partial charge < -0.3 is 10.1 Å². The summed E-state index contributed by atoms with van der Waals surface area (Å²) < 4.78 is 5.46. The van der Waals surface area contributed by atoms with Crippen LogP contribution < -0.4 is 10.2 Å². The first kappa shape index (κ1) is 27.9. The number of carbonyl (C=O) groups excluding carboxylic acids is 3. The van der Waals surface area contributed by atoms with E-state index >= 15 is 0 Å². The molecule has 0 aromatic heterocycles. The van der Waals surface area contributed by atoms with E-state index in [1.807, 2.05) is 64.1 Å². The van der Waals surface area contributed by atoms with Crippen LogP contribution in [0, 0.1) is 27.7 Å². The lowest BCUT2D eigenvalue weighted by molar-refractivity contribution is -0.116. The van der Waals surface area contributed by atoms with Gasteiger partial charge in [-0.25, -0.2) is 9.69 Å². The van der Waals surface area contributed by atoms with Gasteiger partial charge in [-0.3, -0.25) is 9.59 Å². The van der Waals surface area contributed by atoms with Gasteiger partial charge in [0.05, 0.1) is 29.1 Å². The van der Waals surface area contributed by atoms with Crippen molar-refractivity contribution in [1.29, 1.82) is 0 Å². The van der Waals surface area contributed by atoms with Crippen LogP contribution in [0.2, 0.25) is 5.02 Å². The second kappa shape index (κ2) is 11.3. The number of aryl methyl sites for hydroxylation is 4. The number of fused-ring (bicyclic) bond motifs is 1. The summed E-state index contributed by atoms with van der Waals surface area (Å²) in [4.78, 5) is 42.0. The first-order chi connectivity index (χ1) is 18.5. The van der Waals surface area contributed by atoms with Crippen molar-refractivity contribution in [1.82, 2.24) is 0 Å². The summed E-state index contributed by atoms with van der Waals surface area (Å²) in [7, 11) is 0. The van der Waals surface area contributed by atoms with Crippen LogP contribution in [0.3, 0.4) is 0 Å². The number of hydrogen-bond donors (Lipinski definition) is 1. The van der Waals surface area contributed by atoms with Crippen molar-refractivity contribution in [2.24, 2.45) is 0 Å². The predicted molar refractivity (Wildman–Crippen MR) is 158 cm³/mol. The highest BCUT2D eigenvalue weighted by atomic mass is 35.5. The molecule has 4 rings (SSSR count). The number of hydrogen-bond acceptors (Lipinski definition) is 5. The van der Waals surface area contributed by atoms with Crippen LogP contribution in [0.25, 0.3) is 10.8 Å². The summed E-state index contributed by atoms with van der Waals surface area (Å²) in [5.74, 6) is -1.77. The number of carbonyl (C=O) groups is 3. The Morgan fingerprint density at radius 3 is 2.00 bits per heavy atom. The molecule has 200 valence electrons. The molecule has 0 spiro atoms. The fourth-order valence-corrected chi connectivity index (χ4v) is 5.07. The lowest BCUT2D eigenvalue weighted by Crippen LogP contribution is -2.37. The molecule has 0 aliphatic carbocycles. The van der Waals surface area contributed by atoms with E-state index in [0.29, 0.717) is 27.2 Å². The number of halogens is 1. The van der Waals surface area contributed by atoms with Crippen molar-refractivity contribution in [3.8, 4) is 0 Å². The van der Waals surface area contributed by atoms with Crippen molar-refractivity contribution >= 4 is 57.2 Å². The lowest BCUT2D eigenvalue weighted by Gasteiger charge is -2.26. The van der Waals surface area contributed by atoms with E-state index in [-0.39, 0.29) is 17.7 Å². The van der Waals surface area contributed by atoms with Gasteiger partial charge in [0.2, 0.25) is 5.91 Å². The summed E-state index contributed by atoms with van der Waals surface area (Å²) >= 11 is 6.39. The normalized spacial score (nSPS) is 10.8. The van der Waals surface area contributed by atoms with Crippen LogP contribution >= 0.6 is 11.6 Å². The number of nitrogens with one attached hydrogen (secondary N) is 1. The van der Waals surface area contributed by atoms with Crippen molar-refractivity contribution in [3.63, 3.8) is 0 Å². The molecule has 39 heavy (non-hydrogen) atoms. The number of benzene rings is 4. The SMILES string of the molecule is CCOC(=O)c1c(C(=O)N(C(C)=O)c2c(C)cccc2C)cc2ccc(Cl)cc2c1Nc1c(C)cccc1C. The summed E-state index contributed by atoms with van der Waals surface area (Å²) in [6.07, 6.45) is 0. The lowest BCUT2D eigenvalue weighted by atomic mass is 9.95. The minimum Gasteiger partial charge on any atom is -0.462 e. The van der Waals surface area contributed by atoms with Gasteiger partial charge in [0.15, 0.2) is 0 Å². The minimum absolute atomic E-state index is 0.0387. The Morgan fingerprint density at radius 2 is 1.44 bits per heavy atom. The molecule has 0 fully saturated rings. The second-order valence-corrected chi connectivity index (χ2v) is 9.99. The van der Waals surface area contributed by atoms with Gasteiger partial charge in [-0.15, -0.1) is 0 Å². The number of imide groups is 1. The fraction of sp³-hybridized carbons (Fsp3) is 0.219. The number of nitrogens with zero attached hydrogens (tertiary/aromatic N) is 1. The molecule has 4 aromatic carbocycles. The highest BCUT2D eigenvalue weighted by Crippen LogP contribution is 2.38. The largest absolute Gasteiger partial charge is 0.462 e. The van der Waals surface area contributed by atoms with E-state index in [2.05, 4.69) is 5.32 Å². The number of para-hydroxylation sites is 2. The molecule has 0 aliphatic heterocycles. The van der Waals surface area contributed by atoms with Crippen molar-refractivity contribution in [2.45, 2.75) is 41.5 Å². The Bertz CT molecular complexity index is 1590. The van der Waals surface area contributed by atoms with Crippen LogP contribution in [0.1, 0.15) is 56.8 Å². The summed E-state index contributed by atoms with van der Waals surface area (Å²) in [5, 5.41) is 5.22. The Hall–Kier alpha value is -4.16. The third-order valence-corrected chi connectivity index (χ3v) is 6.96. The van der Waals surface area contributed by atoms with E-state index in [1.54, 1.807) is 31.2 Å². The van der Waals surface area contributed by atoms with Crippen molar-refractivity contribution in [2.75, 3.05) is 16.8 Å². The van der Waals surface area contributed by atoms with Gasteiger partial charge in [-0.05, 0) is 80.5 Å². The van der Waals surface area contributed by atoms with Crippen LogP contribution in [-0.2, 0) is 9.53 Å². The topological polar surface area (TPSA) is 75.7 Å². The number of rotatable bonds is 6. The average molecular weight is 543 g/mol. The molecule has 1 N–H and O–H groups in total. The maximum atomic E-state index is 14.3. The summed E-state index contributed by atoms with van der Waals surface area (Å²) in [6.45, 7) is 10.8. The van der Waals surface area contributed by atoms with Crippen LogP contribution in [0.4, 0.5) is 17.1 Å². The van der Waals surface area contributed by atoms with E-state index in [9.17, 15) is 14.4 Å². The van der Waals surface area contributed by atoms with E-state index < -0.39 is 17.8 Å². The predicted octanol–water partition coefficient (Wildman–Crippen LogP) is 7.84. The first-order valence-corrected chi connectivity index (χ1v) is 13.1. The van der Waals surface area contributed by atoms with Crippen LogP contribution in [0.15, 0.2) is 60.7 Å². The van der Waals surface area contributed by atoms with Gasteiger partial charge >= 0.3 is 5.97 Å². The molecular formula is C32H31ClN2O4. The number of esters is 1. The van der Waals surface area contributed by atoms with Gasteiger partial charge in [-0.2, -0.15) is 0 Å². The standard InChI is InChI=1S/C32H31ClN2O4/c1-7-39-32(38)27-26(31(37)35(22(6)36)30-20(4)12-9-13-21(30)5)16-23-14-15-24(33)17-25(23)29(27)34-28-18(2)10-8-11-19(28)3/h8-17,34H,7H2,1-6H3. The van der Waals surface area contributed by atoms with Crippen molar-refractivity contribution in [3.05, 3.63) is 99.1 Å². The summed E-state index contributed by atoms with van der Waals surface area (Å²) in [6, 6.07) is 18.3. The third kappa shape index (κ3) is 5.38. The quantitative estimate of drug-likeness (QED) is 0.251. The number of amides is 2. The molecule has 2 amide bonds. The molecular weight excluding hydrogens is 512 g/mol. The maximum absolute atomic E-state index is 14.3. The Balaban J connectivity index is 2.08. The zero-order chi connectivity index (χ0) is 28.4. The summed E-state index contributed by atoms with van der Waals surface area (Å²) in [5.41, 5.74) is 5.20. The Kier molecular flexibility index (Phi) is 8.07. The molecule has 6 nitrogen and oxygen atoms in total. The Labute approximate surface area is 233 Å². The molecule has 7 heteroatoms. The molecule has 0 aliphatic rings. The van der Waals surface area contributed by atoms with Crippen molar-refractivity contribution < 1.29 is 19.1 Å². The smallest absolute Gasteiger partial charge is 0.341 e. The molecule has 0 saturated heterocycles. The van der Waals surface area contributed by atoms with Crippen LogP contribution in [0.5, 0.6) is 0 Å². The fourth-order valence-electron chi connectivity index (χ4n) is 4.90. The van der Waals surface area contributed by atoms with E-state index in [4.69, 9.17) is 16.3 Å². The zero-order valence-electron chi connectivity index (χ0n) is 22.9. The van der Waals surface area contributed by atoms with Gasteiger partial charge in [-0.1, -0.05) is 54.1 Å². The highest BCUT2D eigenvalue weighted by Gasteiger charge is 2.32. The molecule has 0 radical (unpaired) electrons. The molecule has 4 aromatic rings. The number of ether oxygens (including phenoxy) is 1.